The largest absolute Gasteiger partial charge is 0.311 e. The summed E-state index contributed by atoms with van der Waals surface area (Å²) in [6, 6.07) is 26.7. The van der Waals surface area contributed by atoms with Gasteiger partial charge in [0.25, 0.3) is 0 Å². The van der Waals surface area contributed by atoms with Gasteiger partial charge in [-0.25, -0.2) is 0 Å². The molecule has 0 N–H and O–H groups in total. The van der Waals surface area contributed by atoms with Crippen molar-refractivity contribution < 1.29 is 0 Å². The molecule has 1 heteroatoms. The zero-order valence-electron chi connectivity index (χ0n) is 18.4. The summed E-state index contributed by atoms with van der Waals surface area (Å²) in [6.45, 7) is 15.7. The van der Waals surface area contributed by atoms with Crippen molar-refractivity contribution in [3.8, 4) is 0 Å². The van der Waals surface area contributed by atoms with Gasteiger partial charge in [0.1, 0.15) is 0 Å². The Balaban J connectivity index is 2.06. The zero-order valence-corrected chi connectivity index (χ0v) is 18.4. The monoisotopic (exact) mass is 371 g/mol. The molecule has 3 aromatic rings. The maximum atomic E-state index is 2.33. The molecule has 3 rings (SSSR count). The molecule has 0 amide bonds. The van der Waals surface area contributed by atoms with E-state index in [1.807, 2.05) is 0 Å². The van der Waals surface area contributed by atoms with Crippen LogP contribution in [-0.2, 0) is 10.8 Å². The van der Waals surface area contributed by atoms with Crippen LogP contribution in [0.15, 0.2) is 72.8 Å². The number of aryl methyl sites for hydroxylation is 1. The fourth-order valence-electron chi connectivity index (χ4n) is 3.36. The minimum absolute atomic E-state index is 0.154. The molecule has 0 bridgehead atoms. The van der Waals surface area contributed by atoms with Gasteiger partial charge in [-0.3, -0.25) is 0 Å². The van der Waals surface area contributed by atoms with E-state index in [-0.39, 0.29) is 10.8 Å². The first-order valence-electron chi connectivity index (χ1n) is 10.1. The summed E-state index contributed by atoms with van der Waals surface area (Å²) < 4.78 is 0. The molecule has 0 atom stereocenters. The lowest BCUT2D eigenvalue weighted by molar-refractivity contribution is 0.590. The minimum Gasteiger partial charge on any atom is -0.311 e. The molecule has 0 unspecified atom stereocenters. The van der Waals surface area contributed by atoms with Crippen molar-refractivity contribution in [1.82, 2.24) is 0 Å². The molecule has 0 fully saturated rings. The number of hydrogen-bond donors (Lipinski definition) is 0. The first-order valence-corrected chi connectivity index (χ1v) is 10.1. The molecule has 0 saturated carbocycles. The molecule has 28 heavy (non-hydrogen) atoms. The van der Waals surface area contributed by atoms with Gasteiger partial charge in [0.15, 0.2) is 0 Å². The van der Waals surface area contributed by atoms with Crippen LogP contribution in [0, 0.1) is 6.92 Å². The normalized spacial score (nSPS) is 12.1. The third-order valence-electron chi connectivity index (χ3n) is 5.28. The van der Waals surface area contributed by atoms with Gasteiger partial charge in [-0.15, -0.1) is 0 Å². The van der Waals surface area contributed by atoms with Crippen LogP contribution in [0.2, 0.25) is 0 Å². The average molecular weight is 372 g/mol. The van der Waals surface area contributed by atoms with Crippen LogP contribution in [0.3, 0.4) is 0 Å². The Morgan fingerprint density at radius 2 is 0.750 bits per heavy atom. The second-order valence-corrected chi connectivity index (χ2v) is 9.76. The lowest BCUT2D eigenvalue weighted by Crippen LogP contribution is -2.14. The van der Waals surface area contributed by atoms with Gasteiger partial charge in [0, 0.05) is 17.1 Å². The molecule has 0 saturated heterocycles. The highest BCUT2D eigenvalue weighted by molar-refractivity contribution is 5.76. The number of anilines is 3. The van der Waals surface area contributed by atoms with E-state index < -0.39 is 0 Å². The summed E-state index contributed by atoms with van der Waals surface area (Å²) in [5.74, 6) is 0. The van der Waals surface area contributed by atoms with Crippen molar-refractivity contribution >= 4 is 17.1 Å². The molecule has 0 spiro atoms. The van der Waals surface area contributed by atoms with Crippen LogP contribution < -0.4 is 4.90 Å². The Kier molecular flexibility index (Phi) is 5.39. The molecule has 1 nitrogen and oxygen atoms in total. The molecule has 0 aliphatic rings. The van der Waals surface area contributed by atoms with Gasteiger partial charge in [0.05, 0.1) is 0 Å². The number of benzene rings is 3. The van der Waals surface area contributed by atoms with E-state index >= 15 is 0 Å². The van der Waals surface area contributed by atoms with Gasteiger partial charge < -0.3 is 4.90 Å². The van der Waals surface area contributed by atoms with Crippen molar-refractivity contribution in [2.24, 2.45) is 0 Å². The maximum absolute atomic E-state index is 2.33. The molecule has 0 aliphatic heterocycles. The summed E-state index contributed by atoms with van der Waals surface area (Å²) in [7, 11) is 0. The predicted octanol–water partition coefficient (Wildman–Crippen LogP) is 8.06. The van der Waals surface area contributed by atoms with E-state index in [2.05, 4.69) is 126 Å². The first-order chi connectivity index (χ1) is 13.1. The van der Waals surface area contributed by atoms with Crippen molar-refractivity contribution in [2.45, 2.75) is 59.3 Å². The lowest BCUT2D eigenvalue weighted by Gasteiger charge is -2.28. The number of hydrogen-bond acceptors (Lipinski definition) is 1. The van der Waals surface area contributed by atoms with Crippen LogP contribution in [0.25, 0.3) is 0 Å². The molecule has 146 valence electrons. The average Bonchev–Trinajstić information content (AvgIpc) is 2.63. The summed E-state index contributed by atoms with van der Waals surface area (Å²) in [6.07, 6.45) is 0. The Morgan fingerprint density at radius 1 is 0.464 bits per heavy atom. The highest BCUT2D eigenvalue weighted by Gasteiger charge is 2.18. The van der Waals surface area contributed by atoms with Crippen molar-refractivity contribution in [3.05, 3.63) is 89.5 Å². The van der Waals surface area contributed by atoms with Crippen LogP contribution in [0.4, 0.5) is 17.1 Å². The topological polar surface area (TPSA) is 3.24 Å². The van der Waals surface area contributed by atoms with E-state index in [4.69, 9.17) is 0 Å². The fourth-order valence-corrected chi connectivity index (χ4v) is 3.36. The van der Waals surface area contributed by atoms with Gasteiger partial charge in [-0.2, -0.15) is 0 Å². The quantitative estimate of drug-likeness (QED) is 0.450. The highest BCUT2D eigenvalue weighted by Crippen LogP contribution is 2.36. The lowest BCUT2D eigenvalue weighted by atomic mass is 9.86. The van der Waals surface area contributed by atoms with E-state index in [0.29, 0.717) is 0 Å². The van der Waals surface area contributed by atoms with Crippen LogP contribution in [-0.4, -0.2) is 0 Å². The Morgan fingerprint density at radius 3 is 1.04 bits per heavy atom. The smallest absolute Gasteiger partial charge is 0.0461 e. The summed E-state index contributed by atoms with van der Waals surface area (Å²) in [5, 5.41) is 0. The fraction of sp³-hybridized carbons (Fsp3) is 0.333. The maximum Gasteiger partial charge on any atom is 0.0461 e. The van der Waals surface area contributed by atoms with Gasteiger partial charge in [-0.1, -0.05) is 83.5 Å². The van der Waals surface area contributed by atoms with Gasteiger partial charge >= 0.3 is 0 Å². The van der Waals surface area contributed by atoms with Crippen molar-refractivity contribution in [3.63, 3.8) is 0 Å². The molecule has 0 aromatic heterocycles. The predicted molar refractivity (Wildman–Crippen MR) is 123 cm³/mol. The Bertz CT molecular complexity index is 845. The Hall–Kier alpha value is -2.54. The number of nitrogens with zero attached hydrogens (tertiary/aromatic N) is 1. The van der Waals surface area contributed by atoms with Crippen LogP contribution in [0.5, 0.6) is 0 Å². The molecule has 0 radical (unpaired) electrons. The third-order valence-corrected chi connectivity index (χ3v) is 5.28. The molecule has 3 aromatic carbocycles. The van der Waals surface area contributed by atoms with E-state index in [0.717, 1.165) is 0 Å². The van der Waals surface area contributed by atoms with Crippen molar-refractivity contribution in [2.75, 3.05) is 4.90 Å². The second kappa shape index (κ2) is 7.47. The van der Waals surface area contributed by atoms with Crippen molar-refractivity contribution in [1.29, 1.82) is 0 Å². The van der Waals surface area contributed by atoms with E-state index in [1.54, 1.807) is 0 Å². The Labute approximate surface area is 171 Å². The standard InChI is InChI=1S/C27H33N/c1-20-8-14-23(15-9-20)28(24-16-10-21(11-17-24)26(2,3)4)25-18-12-22(13-19-25)27(5,6)7/h8-19H,1-7H3. The summed E-state index contributed by atoms with van der Waals surface area (Å²) in [5.41, 5.74) is 7.82. The first kappa shape index (κ1) is 20.2. The molecular weight excluding hydrogens is 338 g/mol. The summed E-state index contributed by atoms with van der Waals surface area (Å²) >= 11 is 0. The summed E-state index contributed by atoms with van der Waals surface area (Å²) in [4.78, 5) is 2.33. The SMILES string of the molecule is Cc1ccc(N(c2ccc(C(C)(C)C)cc2)c2ccc(C(C)(C)C)cc2)cc1. The van der Waals surface area contributed by atoms with E-state index in [1.165, 1.54) is 33.8 Å². The zero-order chi connectivity index (χ0) is 20.5. The second-order valence-electron chi connectivity index (χ2n) is 9.76. The number of rotatable bonds is 3. The van der Waals surface area contributed by atoms with Crippen LogP contribution in [0.1, 0.15) is 58.2 Å². The molecule has 0 heterocycles. The van der Waals surface area contributed by atoms with Gasteiger partial charge in [0.2, 0.25) is 0 Å². The molecular formula is C27H33N. The molecule has 0 aliphatic carbocycles. The minimum atomic E-state index is 0.154. The third kappa shape index (κ3) is 4.47. The van der Waals surface area contributed by atoms with Gasteiger partial charge in [-0.05, 0) is 65.3 Å². The highest BCUT2D eigenvalue weighted by atomic mass is 15.1. The van der Waals surface area contributed by atoms with Crippen LogP contribution >= 0.6 is 0 Å². The van der Waals surface area contributed by atoms with E-state index in [9.17, 15) is 0 Å².